The number of piperazine rings is 1. The van der Waals surface area contributed by atoms with Gasteiger partial charge in [-0.25, -0.2) is 9.48 Å². The molecule has 1 aromatic heterocycles. The highest BCUT2D eigenvalue weighted by Gasteiger charge is 2.37. The number of nitrogens with one attached hydrogen (secondary N) is 1. The van der Waals surface area contributed by atoms with Gasteiger partial charge in [-0.05, 0) is 38.8 Å². The third-order valence-electron chi connectivity index (χ3n) is 7.73. The Morgan fingerprint density at radius 1 is 1.04 bits per heavy atom. The number of benzene rings is 1. The zero-order chi connectivity index (χ0) is 34.1. The van der Waals surface area contributed by atoms with Crippen molar-refractivity contribution in [2.24, 2.45) is 0 Å². The Labute approximate surface area is 269 Å². The standard InChI is InChI=1S/C30H38FN7O9/c1-3-37(31)29(44)23-11-8-12-36(23)24(39)19-47-25-17-21(33-38(25)20-9-6-5-7-10-20)27(42)32-22(18-26(40)41)28(43)34-13-15-35(16-14-34)30(45)46-4-2/h5-7,9-10,17,22-23H,3-4,8,11-16,18-19H2,1-2H3,(H,32,42)(H,40,41). The minimum atomic E-state index is -1.44. The molecule has 2 N–H and O–H groups in total. The number of hydrogen-bond donors (Lipinski definition) is 2. The molecule has 2 aliphatic rings. The minimum absolute atomic E-state index is 0.0198. The number of likely N-dealkylation sites (tertiary alicyclic amines) is 1. The molecular formula is C30H38FN7O9. The Morgan fingerprint density at radius 3 is 2.36 bits per heavy atom. The molecule has 16 nitrogen and oxygen atoms in total. The summed E-state index contributed by atoms with van der Waals surface area (Å²) < 4.78 is 26.0. The number of amides is 5. The maximum absolute atomic E-state index is 14.0. The summed E-state index contributed by atoms with van der Waals surface area (Å²) in [7, 11) is 0. The van der Waals surface area contributed by atoms with Crippen LogP contribution in [-0.2, 0) is 23.9 Å². The van der Waals surface area contributed by atoms with Crippen LogP contribution >= 0.6 is 0 Å². The topological polar surface area (TPSA) is 184 Å². The van der Waals surface area contributed by atoms with Gasteiger partial charge >= 0.3 is 12.1 Å². The number of aliphatic carboxylic acids is 1. The van der Waals surface area contributed by atoms with E-state index in [4.69, 9.17) is 9.47 Å². The van der Waals surface area contributed by atoms with Crippen molar-refractivity contribution in [1.82, 2.24) is 34.9 Å². The first kappa shape index (κ1) is 34.6. The second-order valence-electron chi connectivity index (χ2n) is 10.8. The molecule has 17 heteroatoms. The predicted molar refractivity (Wildman–Crippen MR) is 161 cm³/mol. The molecule has 0 bridgehead atoms. The van der Waals surface area contributed by atoms with Crippen LogP contribution in [0.1, 0.15) is 43.6 Å². The highest BCUT2D eigenvalue weighted by atomic mass is 19.2. The second kappa shape index (κ2) is 15.9. The number of carbonyl (C=O) groups excluding carboxylic acids is 5. The molecule has 0 spiro atoms. The number of carbonyl (C=O) groups is 6. The van der Waals surface area contributed by atoms with Crippen molar-refractivity contribution in [2.45, 2.75) is 45.2 Å². The molecule has 2 unspecified atom stereocenters. The van der Waals surface area contributed by atoms with Gasteiger partial charge in [0.05, 0.1) is 25.3 Å². The Hall–Kier alpha value is -5.22. The number of hydrogen-bond acceptors (Lipinski definition) is 9. The van der Waals surface area contributed by atoms with Crippen LogP contribution in [-0.4, -0.2) is 135 Å². The summed E-state index contributed by atoms with van der Waals surface area (Å²) >= 11 is 0. The van der Waals surface area contributed by atoms with E-state index in [0.717, 1.165) is 0 Å². The summed E-state index contributed by atoms with van der Waals surface area (Å²) in [5.74, 6) is -4.22. The third kappa shape index (κ3) is 8.53. The third-order valence-corrected chi connectivity index (χ3v) is 7.73. The van der Waals surface area contributed by atoms with E-state index >= 15 is 0 Å². The van der Waals surface area contributed by atoms with Crippen LogP contribution in [0.2, 0.25) is 0 Å². The number of carboxylic acid groups (broad SMARTS) is 1. The molecule has 1 aromatic carbocycles. The smallest absolute Gasteiger partial charge is 0.409 e. The Morgan fingerprint density at radius 2 is 1.72 bits per heavy atom. The van der Waals surface area contributed by atoms with E-state index in [1.165, 1.54) is 32.4 Å². The number of aromatic nitrogens is 2. The molecular weight excluding hydrogens is 621 g/mol. The van der Waals surface area contributed by atoms with E-state index < -0.39 is 60.8 Å². The Balaban J connectivity index is 1.48. The fourth-order valence-electron chi connectivity index (χ4n) is 5.34. The van der Waals surface area contributed by atoms with E-state index in [9.17, 15) is 38.4 Å². The normalized spacial score (nSPS) is 16.7. The first-order valence-corrected chi connectivity index (χ1v) is 15.3. The summed E-state index contributed by atoms with van der Waals surface area (Å²) in [6.07, 6.45) is -0.387. The maximum atomic E-state index is 14.0. The molecule has 0 radical (unpaired) electrons. The van der Waals surface area contributed by atoms with Gasteiger partial charge in [0.1, 0.15) is 12.1 Å². The van der Waals surface area contributed by atoms with Crippen LogP contribution in [0, 0.1) is 0 Å². The Bertz CT molecular complexity index is 1460. The van der Waals surface area contributed by atoms with Crippen LogP contribution in [0.4, 0.5) is 9.28 Å². The van der Waals surface area contributed by atoms with Crippen LogP contribution < -0.4 is 10.1 Å². The van der Waals surface area contributed by atoms with Gasteiger partial charge in [0, 0.05) is 38.8 Å². The fourth-order valence-corrected chi connectivity index (χ4v) is 5.34. The summed E-state index contributed by atoms with van der Waals surface area (Å²) in [5.41, 5.74) is 0.244. The average Bonchev–Trinajstić information content (AvgIpc) is 3.74. The van der Waals surface area contributed by atoms with Crippen LogP contribution in [0.15, 0.2) is 36.4 Å². The van der Waals surface area contributed by atoms with Gasteiger partial charge in [-0.3, -0.25) is 24.0 Å². The van der Waals surface area contributed by atoms with Crippen molar-refractivity contribution in [3.05, 3.63) is 42.1 Å². The zero-order valence-corrected chi connectivity index (χ0v) is 26.2. The van der Waals surface area contributed by atoms with Crippen LogP contribution in [0.3, 0.4) is 0 Å². The summed E-state index contributed by atoms with van der Waals surface area (Å²) in [6.45, 7) is 3.50. The largest absolute Gasteiger partial charge is 0.481 e. The van der Waals surface area contributed by atoms with Crippen molar-refractivity contribution < 1.29 is 47.8 Å². The first-order valence-electron chi connectivity index (χ1n) is 15.3. The molecule has 2 aliphatic heterocycles. The lowest BCUT2D eigenvalue weighted by Crippen LogP contribution is -2.56. The highest BCUT2D eigenvalue weighted by Crippen LogP contribution is 2.23. The van der Waals surface area contributed by atoms with Gasteiger partial charge in [-0.1, -0.05) is 22.7 Å². The Kier molecular flexibility index (Phi) is 11.7. The molecule has 2 aromatic rings. The van der Waals surface area contributed by atoms with Gasteiger partial charge in [-0.15, -0.1) is 0 Å². The molecule has 2 saturated heterocycles. The number of rotatable bonds is 12. The minimum Gasteiger partial charge on any atom is -0.481 e. The summed E-state index contributed by atoms with van der Waals surface area (Å²) in [5, 5.41) is 16.3. The molecule has 0 saturated carbocycles. The fraction of sp³-hybridized carbons (Fsp3) is 0.500. The van der Waals surface area contributed by atoms with Gasteiger partial charge < -0.3 is 34.6 Å². The number of carboxylic acids is 1. The quantitative estimate of drug-likeness (QED) is 0.310. The first-order chi connectivity index (χ1) is 22.5. The van der Waals surface area contributed by atoms with Crippen LogP contribution in [0.5, 0.6) is 5.88 Å². The molecule has 0 aliphatic carbocycles. The van der Waals surface area contributed by atoms with E-state index in [-0.39, 0.29) is 62.6 Å². The summed E-state index contributed by atoms with van der Waals surface area (Å²) in [4.78, 5) is 79.9. The lowest BCUT2D eigenvalue weighted by molar-refractivity contribution is -0.155. The molecule has 254 valence electrons. The SMILES string of the molecule is CCOC(=O)N1CCN(C(=O)C(CC(=O)O)NC(=O)c2cc(OCC(=O)N3CCCC3C(=O)N(F)CC)n(-c3ccccc3)n2)CC1. The zero-order valence-electron chi connectivity index (χ0n) is 26.2. The van der Waals surface area contributed by atoms with E-state index in [2.05, 4.69) is 10.4 Å². The van der Waals surface area contributed by atoms with Crippen molar-refractivity contribution >= 4 is 35.7 Å². The number of ether oxygens (including phenoxy) is 2. The van der Waals surface area contributed by atoms with Gasteiger partial charge in [-0.2, -0.15) is 10.2 Å². The van der Waals surface area contributed by atoms with Crippen molar-refractivity contribution in [3.63, 3.8) is 0 Å². The molecule has 4 rings (SSSR count). The highest BCUT2D eigenvalue weighted by molar-refractivity contribution is 5.97. The lowest BCUT2D eigenvalue weighted by Gasteiger charge is -2.35. The van der Waals surface area contributed by atoms with E-state index in [1.54, 1.807) is 37.3 Å². The molecule has 5 amide bonds. The molecule has 2 fully saturated rings. The van der Waals surface area contributed by atoms with Crippen molar-refractivity contribution in [1.29, 1.82) is 0 Å². The monoisotopic (exact) mass is 659 g/mol. The average molecular weight is 660 g/mol. The predicted octanol–water partition coefficient (Wildman–Crippen LogP) is 0.849. The second-order valence-corrected chi connectivity index (χ2v) is 10.8. The van der Waals surface area contributed by atoms with Crippen LogP contribution in [0.25, 0.3) is 5.69 Å². The number of para-hydroxylation sites is 1. The van der Waals surface area contributed by atoms with E-state index in [1.807, 2.05) is 0 Å². The van der Waals surface area contributed by atoms with Gasteiger partial charge in [0.25, 0.3) is 17.7 Å². The van der Waals surface area contributed by atoms with Gasteiger partial charge in [0.15, 0.2) is 12.3 Å². The van der Waals surface area contributed by atoms with Crippen molar-refractivity contribution in [3.8, 4) is 11.6 Å². The van der Waals surface area contributed by atoms with Crippen molar-refractivity contribution in [2.75, 3.05) is 52.5 Å². The maximum Gasteiger partial charge on any atom is 0.409 e. The lowest BCUT2D eigenvalue weighted by atomic mass is 10.1. The van der Waals surface area contributed by atoms with E-state index in [0.29, 0.717) is 18.5 Å². The molecule has 3 heterocycles. The van der Waals surface area contributed by atoms with Gasteiger partial charge in [0.2, 0.25) is 11.8 Å². The summed E-state index contributed by atoms with van der Waals surface area (Å²) in [6, 6.07) is 7.38. The number of nitrogens with zero attached hydrogens (tertiary/aromatic N) is 6. The number of likely N-dealkylation sites (N-methyl/N-ethyl adjacent to an activating group) is 1. The number of halogens is 1. The molecule has 2 atom stereocenters. The molecule has 47 heavy (non-hydrogen) atoms.